The lowest BCUT2D eigenvalue weighted by Crippen LogP contribution is -2.13. The second-order valence-electron chi connectivity index (χ2n) is 4.65. The van der Waals surface area contributed by atoms with Crippen LogP contribution in [0.25, 0.3) is 11.3 Å². The molecule has 0 unspecified atom stereocenters. The number of fused-ring (bicyclic) bond motifs is 1. The quantitative estimate of drug-likeness (QED) is 0.930. The largest absolute Gasteiger partial charge is 0.454 e. The van der Waals surface area contributed by atoms with Crippen LogP contribution in [0.1, 0.15) is 5.82 Å². The number of imidazole rings is 1. The normalized spacial score (nSPS) is 12.9. The number of aromatic nitrogens is 2. The van der Waals surface area contributed by atoms with Gasteiger partial charge in [0.25, 0.3) is 0 Å². The molecule has 2 heterocycles. The maximum absolute atomic E-state index is 5.42. The molecule has 0 bridgehead atoms. The van der Waals surface area contributed by atoms with Gasteiger partial charge in [0.15, 0.2) is 11.5 Å². The predicted molar refractivity (Wildman–Crippen MR) is 80.1 cm³/mol. The number of halogens is 1. The molecule has 20 heavy (non-hydrogen) atoms. The van der Waals surface area contributed by atoms with Crippen LogP contribution in [0.15, 0.2) is 22.8 Å². The first-order valence-electron chi connectivity index (χ1n) is 6.46. The molecular weight excluding hydrogens is 322 g/mol. The molecule has 3 rings (SSSR count). The van der Waals surface area contributed by atoms with Gasteiger partial charge in [-0.1, -0.05) is 0 Å². The van der Waals surface area contributed by atoms with E-state index in [9.17, 15) is 0 Å². The molecule has 1 aromatic carbocycles. The van der Waals surface area contributed by atoms with Crippen molar-refractivity contribution in [2.24, 2.45) is 7.05 Å². The zero-order valence-corrected chi connectivity index (χ0v) is 13.0. The van der Waals surface area contributed by atoms with Crippen molar-refractivity contribution in [3.05, 3.63) is 28.6 Å². The molecule has 0 amide bonds. The first-order chi connectivity index (χ1) is 9.70. The third kappa shape index (κ3) is 2.29. The number of nitrogens with zero attached hydrogens (tertiary/aromatic N) is 2. The van der Waals surface area contributed by atoms with Crippen LogP contribution >= 0.6 is 15.9 Å². The third-order valence-corrected chi connectivity index (χ3v) is 4.27. The molecule has 0 fully saturated rings. The lowest BCUT2D eigenvalue weighted by atomic mass is 10.1. The molecule has 1 aliphatic heterocycles. The molecule has 0 saturated heterocycles. The van der Waals surface area contributed by atoms with Crippen LogP contribution < -0.4 is 14.8 Å². The maximum Gasteiger partial charge on any atom is 0.231 e. The Bertz CT molecular complexity index is 640. The maximum atomic E-state index is 5.42. The van der Waals surface area contributed by atoms with Crippen molar-refractivity contribution in [3.8, 4) is 22.8 Å². The number of nitrogens with one attached hydrogen (secondary N) is 1. The van der Waals surface area contributed by atoms with Crippen LogP contribution in [0.2, 0.25) is 0 Å². The topological polar surface area (TPSA) is 48.3 Å². The lowest BCUT2D eigenvalue weighted by molar-refractivity contribution is 0.174. The molecule has 1 N–H and O–H groups in total. The van der Waals surface area contributed by atoms with Gasteiger partial charge < -0.3 is 19.4 Å². The fourth-order valence-electron chi connectivity index (χ4n) is 2.21. The molecule has 0 aliphatic carbocycles. The summed E-state index contributed by atoms with van der Waals surface area (Å²) in [6.07, 6.45) is 0.885. The number of benzene rings is 1. The van der Waals surface area contributed by atoms with E-state index in [4.69, 9.17) is 14.5 Å². The minimum Gasteiger partial charge on any atom is -0.454 e. The molecule has 0 atom stereocenters. The molecule has 106 valence electrons. The number of ether oxygens (including phenoxy) is 2. The average Bonchev–Trinajstić information content (AvgIpc) is 3.03. The molecule has 0 radical (unpaired) electrons. The van der Waals surface area contributed by atoms with Crippen molar-refractivity contribution in [2.45, 2.75) is 6.42 Å². The van der Waals surface area contributed by atoms with Crippen molar-refractivity contribution in [2.75, 3.05) is 20.4 Å². The SMILES string of the molecule is CNCCc1nc(-c2ccc3c(c2)OCO3)c(Br)n1C. The summed E-state index contributed by atoms with van der Waals surface area (Å²) in [5.74, 6) is 2.60. The van der Waals surface area contributed by atoms with Gasteiger partial charge in [-0.15, -0.1) is 0 Å². The third-order valence-electron chi connectivity index (χ3n) is 3.36. The molecule has 1 aromatic heterocycles. The Morgan fingerprint density at radius 3 is 2.95 bits per heavy atom. The second-order valence-corrected chi connectivity index (χ2v) is 5.40. The molecule has 0 spiro atoms. The van der Waals surface area contributed by atoms with E-state index in [1.807, 2.05) is 32.3 Å². The van der Waals surface area contributed by atoms with E-state index in [0.29, 0.717) is 0 Å². The fourth-order valence-corrected chi connectivity index (χ4v) is 2.73. The number of rotatable bonds is 4. The second kappa shape index (κ2) is 5.46. The highest BCUT2D eigenvalue weighted by molar-refractivity contribution is 9.10. The van der Waals surface area contributed by atoms with E-state index in [1.54, 1.807) is 0 Å². The summed E-state index contributed by atoms with van der Waals surface area (Å²) in [5.41, 5.74) is 1.95. The first-order valence-corrected chi connectivity index (χ1v) is 7.25. The highest BCUT2D eigenvalue weighted by Gasteiger charge is 2.18. The van der Waals surface area contributed by atoms with Gasteiger partial charge in [0.05, 0.1) is 0 Å². The Morgan fingerprint density at radius 2 is 2.15 bits per heavy atom. The zero-order chi connectivity index (χ0) is 14.1. The smallest absolute Gasteiger partial charge is 0.231 e. The molecule has 2 aromatic rings. The van der Waals surface area contributed by atoms with Crippen molar-refractivity contribution >= 4 is 15.9 Å². The molecule has 1 aliphatic rings. The van der Waals surface area contributed by atoms with Crippen molar-refractivity contribution in [1.82, 2.24) is 14.9 Å². The monoisotopic (exact) mass is 337 g/mol. The van der Waals surface area contributed by atoms with Crippen LogP contribution in [-0.4, -0.2) is 29.9 Å². The van der Waals surface area contributed by atoms with Gasteiger partial charge in [-0.05, 0) is 41.2 Å². The standard InChI is InChI=1S/C14H16BrN3O2/c1-16-6-5-12-17-13(14(15)18(12)2)9-3-4-10-11(7-9)20-8-19-10/h3-4,7,16H,5-6,8H2,1-2H3. The molecule has 0 saturated carbocycles. The number of hydrogen-bond donors (Lipinski definition) is 1. The number of likely N-dealkylation sites (N-methyl/N-ethyl adjacent to an activating group) is 1. The van der Waals surface area contributed by atoms with E-state index in [-0.39, 0.29) is 6.79 Å². The van der Waals surface area contributed by atoms with Crippen molar-refractivity contribution < 1.29 is 9.47 Å². The zero-order valence-electron chi connectivity index (χ0n) is 11.4. The van der Waals surface area contributed by atoms with Gasteiger partial charge in [0, 0.05) is 25.6 Å². The Morgan fingerprint density at radius 1 is 1.35 bits per heavy atom. The summed E-state index contributed by atoms with van der Waals surface area (Å²) >= 11 is 3.62. The van der Waals surface area contributed by atoms with Crippen LogP contribution in [0.5, 0.6) is 11.5 Å². The molecule has 6 heteroatoms. The Labute approximate surface area is 126 Å². The van der Waals surface area contributed by atoms with Crippen molar-refractivity contribution in [1.29, 1.82) is 0 Å². The summed E-state index contributed by atoms with van der Waals surface area (Å²) in [4.78, 5) is 4.72. The van der Waals surface area contributed by atoms with E-state index in [1.165, 1.54) is 0 Å². The van der Waals surface area contributed by atoms with Gasteiger partial charge in [-0.3, -0.25) is 0 Å². The van der Waals surface area contributed by atoms with Gasteiger partial charge in [-0.2, -0.15) is 0 Å². The van der Waals surface area contributed by atoms with E-state index < -0.39 is 0 Å². The van der Waals surface area contributed by atoms with E-state index in [2.05, 4.69) is 25.8 Å². The summed E-state index contributed by atoms with van der Waals surface area (Å²) in [6.45, 7) is 1.19. The van der Waals surface area contributed by atoms with E-state index in [0.717, 1.165) is 46.1 Å². The van der Waals surface area contributed by atoms with Gasteiger partial charge in [0.2, 0.25) is 6.79 Å². The van der Waals surface area contributed by atoms with Crippen LogP contribution in [0, 0.1) is 0 Å². The molecular formula is C14H16BrN3O2. The summed E-state index contributed by atoms with van der Waals surface area (Å²) < 4.78 is 13.8. The first kappa shape index (κ1) is 13.5. The summed E-state index contributed by atoms with van der Waals surface area (Å²) in [5, 5.41) is 3.14. The fraction of sp³-hybridized carbons (Fsp3) is 0.357. The lowest BCUT2D eigenvalue weighted by Gasteiger charge is -2.01. The highest BCUT2D eigenvalue weighted by Crippen LogP contribution is 2.37. The van der Waals surface area contributed by atoms with Crippen LogP contribution in [-0.2, 0) is 13.5 Å². The van der Waals surface area contributed by atoms with E-state index >= 15 is 0 Å². The van der Waals surface area contributed by atoms with Crippen LogP contribution in [0.3, 0.4) is 0 Å². The van der Waals surface area contributed by atoms with Crippen molar-refractivity contribution in [3.63, 3.8) is 0 Å². The Kier molecular flexibility index (Phi) is 3.67. The minimum absolute atomic E-state index is 0.287. The Hall–Kier alpha value is -1.53. The Balaban J connectivity index is 1.97. The molecule has 5 nitrogen and oxygen atoms in total. The number of hydrogen-bond acceptors (Lipinski definition) is 4. The minimum atomic E-state index is 0.287. The summed E-state index contributed by atoms with van der Waals surface area (Å²) in [7, 11) is 3.95. The van der Waals surface area contributed by atoms with Gasteiger partial charge in [-0.25, -0.2) is 4.98 Å². The predicted octanol–water partition coefficient (Wildman–Crippen LogP) is 2.34. The van der Waals surface area contributed by atoms with Crippen LogP contribution in [0.4, 0.5) is 0 Å². The van der Waals surface area contributed by atoms with Gasteiger partial charge in [0.1, 0.15) is 16.1 Å². The average molecular weight is 338 g/mol. The highest BCUT2D eigenvalue weighted by atomic mass is 79.9. The van der Waals surface area contributed by atoms with Gasteiger partial charge >= 0.3 is 0 Å². The summed E-state index contributed by atoms with van der Waals surface area (Å²) in [6, 6.07) is 5.89.